The van der Waals surface area contributed by atoms with Crippen molar-refractivity contribution in [1.29, 1.82) is 1.43 Å². The molecular weight excluding hydrogens is 450 g/mol. The number of hydrogen-bond acceptors (Lipinski definition) is 5. The van der Waals surface area contributed by atoms with Gasteiger partial charge in [0, 0.05) is 32.4 Å². The molecule has 36 heavy (non-hydrogen) atoms. The summed E-state index contributed by atoms with van der Waals surface area (Å²) in [5.41, 5.74) is 4.71. The molecule has 1 atom stereocenters. The molecule has 0 saturated heterocycles. The first-order valence-corrected chi connectivity index (χ1v) is 13.5. The van der Waals surface area contributed by atoms with Gasteiger partial charge in [0.25, 0.3) is 0 Å². The van der Waals surface area contributed by atoms with E-state index in [-0.39, 0.29) is 6.10 Å². The van der Waals surface area contributed by atoms with Crippen LogP contribution in [0.4, 0.5) is 0 Å². The average Bonchev–Trinajstić information content (AvgIpc) is 2.90. The van der Waals surface area contributed by atoms with E-state index in [1.54, 1.807) is 19.5 Å². The summed E-state index contributed by atoms with van der Waals surface area (Å²) in [6.07, 6.45) is 7.39. The number of aliphatic hydroxyl groups is 1. The van der Waals surface area contributed by atoms with Crippen molar-refractivity contribution in [2.75, 3.05) is 40.5 Å². The molecule has 202 valence electrons. The summed E-state index contributed by atoms with van der Waals surface area (Å²) in [4.78, 5) is 0. The Morgan fingerprint density at radius 1 is 0.972 bits per heavy atom. The van der Waals surface area contributed by atoms with E-state index in [2.05, 4.69) is 31.2 Å². The highest BCUT2D eigenvalue weighted by molar-refractivity contribution is 5.47. The van der Waals surface area contributed by atoms with Crippen molar-refractivity contribution in [2.45, 2.75) is 84.3 Å². The van der Waals surface area contributed by atoms with E-state index in [0.29, 0.717) is 13.1 Å². The summed E-state index contributed by atoms with van der Waals surface area (Å²) in [5.74, 6) is 0.717. The Hall–Kier alpha value is -1.92. The van der Waals surface area contributed by atoms with Gasteiger partial charge in [-0.3, -0.25) is 0 Å². The molecule has 0 aliphatic carbocycles. The third-order valence-corrected chi connectivity index (χ3v) is 6.70. The molecule has 2 N–H and O–H groups in total. The number of unbranched alkanes of at least 4 members (excludes halogenated alkanes) is 4. The van der Waals surface area contributed by atoms with Crippen molar-refractivity contribution in [1.82, 2.24) is 5.31 Å². The average molecular weight is 502 g/mol. The lowest BCUT2D eigenvalue weighted by atomic mass is 9.91. The van der Waals surface area contributed by atoms with Crippen LogP contribution in [0.5, 0.6) is 5.75 Å². The zero-order valence-corrected chi connectivity index (χ0v) is 23.4. The number of hydrogen-bond donors (Lipinski definition) is 2. The maximum atomic E-state index is 8.44. The number of nitrogens with one attached hydrogen (secondary N) is 1. The molecule has 1 unspecified atom stereocenters. The van der Waals surface area contributed by atoms with Crippen molar-refractivity contribution in [2.24, 2.45) is 0 Å². The zero-order chi connectivity index (χ0) is 28.0. The standard InChI is InChI=1S/C31H49NO4/c1-24-15-9-10-16-26(24)17-11-14-20-36-19-13-8-7-12-18-32-23-29(34-5)27-21-25(2)30(35-6)28(22-27)31(3,4)33/h9-10,15-16,21-22,29,32-33H,7-8,11-14,17-20,23H2,1-6H3/i33D/hD. The fourth-order valence-electron chi connectivity index (χ4n) is 4.52. The molecule has 5 nitrogen and oxygen atoms in total. The third kappa shape index (κ3) is 10.2. The lowest BCUT2D eigenvalue weighted by molar-refractivity contribution is 0.0740. The Kier molecular flexibility index (Phi) is 12.1. The minimum absolute atomic E-state index is 0.253. The molecule has 0 spiro atoms. The topological polar surface area (TPSA) is 60.0 Å². The number of rotatable bonds is 19. The molecule has 2 rings (SSSR count). The summed E-state index contributed by atoms with van der Waals surface area (Å²) in [7, 11) is 3.30. The fourth-order valence-corrected chi connectivity index (χ4v) is 4.52. The Balaban J connectivity index is 1.65. The SMILES string of the molecule is [2H]OC(C)(C)c1cc(C(CN([2H])CCCCCCOCCCCc2ccccc2C)OC)cc(C)c1OC. The number of methoxy groups -OCH3 is 2. The predicted molar refractivity (Wildman–Crippen MR) is 149 cm³/mol. The molecule has 5 heteroatoms. The van der Waals surface area contributed by atoms with Crippen LogP contribution in [0.2, 0.25) is 1.41 Å². The van der Waals surface area contributed by atoms with Gasteiger partial charge < -0.3 is 24.6 Å². The van der Waals surface area contributed by atoms with E-state index in [4.69, 9.17) is 22.2 Å². The summed E-state index contributed by atoms with van der Waals surface area (Å²) < 4.78 is 33.1. The minimum Gasteiger partial charge on any atom is -0.496 e. The van der Waals surface area contributed by atoms with Gasteiger partial charge in [-0.1, -0.05) is 37.1 Å². The second kappa shape index (κ2) is 16.0. The normalized spacial score (nSPS) is 13.5. The maximum Gasteiger partial charge on any atom is 0.211 e. The lowest BCUT2D eigenvalue weighted by Crippen LogP contribution is -2.25. The van der Waals surface area contributed by atoms with E-state index >= 15 is 0 Å². The summed E-state index contributed by atoms with van der Waals surface area (Å²) in [6.45, 7) is 10.7. The van der Waals surface area contributed by atoms with E-state index in [1.165, 1.54) is 17.5 Å². The number of benzene rings is 2. The Labute approximate surface area is 222 Å². The van der Waals surface area contributed by atoms with E-state index < -0.39 is 5.60 Å². The minimum atomic E-state index is -0.823. The van der Waals surface area contributed by atoms with Crippen LogP contribution >= 0.6 is 0 Å². The van der Waals surface area contributed by atoms with Crippen LogP contribution in [0.15, 0.2) is 36.4 Å². The highest BCUT2D eigenvalue weighted by atomic mass is 16.5. The molecule has 0 aromatic heterocycles. The first kappa shape index (κ1) is 27.1. The first-order valence-electron chi connectivity index (χ1n) is 14.3. The van der Waals surface area contributed by atoms with Gasteiger partial charge >= 0.3 is 0 Å². The molecule has 0 bridgehead atoms. The van der Waals surface area contributed by atoms with Gasteiger partial charge in [-0.05, 0) is 101 Å². The highest BCUT2D eigenvalue weighted by Gasteiger charge is 2.25. The van der Waals surface area contributed by atoms with Crippen molar-refractivity contribution in [3.8, 4) is 5.75 Å². The molecule has 2 aromatic carbocycles. The monoisotopic (exact) mass is 501 g/mol. The Bertz CT molecular complexity index is 953. The molecule has 0 amide bonds. The molecular formula is C31H49NO4. The predicted octanol–water partition coefficient (Wildman–Crippen LogP) is 6.42. The van der Waals surface area contributed by atoms with Crippen LogP contribution in [0.1, 0.15) is 86.3 Å². The summed E-state index contributed by atoms with van der Waals surface area (Å²) in [5, 5.41) is 6.57. The molecule has 0 aliphatic rings. The van der Waals surface area contributed by atoms with Gasteiger partial charge in [0.2, 0.25) is 1.43 Å². The number of ether oxygens (including phenoxy) is 3. The molecule has 0 aliphatic heterocycles. The van der Waals surface area contributed by atoms with Gasteiger partial charge in [0.15, 0.2) is 0 Å². The van der Waals surface area contributed by atoms with Crippen LogP contribution in [0, 0.1) is 13.8 Å². The first-order chi connectivity index (χ1) is 18.2. The fraction of sp³-hybridized carbons (Fsp3) is 0.613. The van der Waals surface area contributed by atoms with Gasteiger partial charge in [-0.15, -0.1) is 0 Å². The van der Waals surface area contributed by atoms with Crippen LogP contribution < -0.4 is 10.0 Å². The van der Waals surface area contributed by atoms with E-state index in [1.807, 2.05) is 32.9 Å². The zero-order valence-electron chi connectivity index (χ0n) is 25.4. The Morgan fingerprint density at radius 3 is 2.39 bits per heavy atom. The number of aryl methyl sites for hydroxylation is 3. The molecule has 0 fully saturated rings. The van der Waals surface area contributed by atoms with Crippen molar-refractivity contribution < 1.29 is 20.7 Å². The van der Waals surface area contributed by atoms with Gasteiger partial charge in [-0.25, -0.2) is 0 Å². The summed E-state index contributed by atoms with van der Waals surface area (Å²) >= 11 is 0. The van der Waals surface area contributed by atoms with Gasteiger partial charge in [0.1, 0.15) is 7.16 Å². The molecule has 2 aromatic rings. The lowest BCUT2D eigenvalue weighted by Gasteiger charge is -2.25. The third-order valence-electron chi connectivity index (χ3n) is 6.70. The second-order valence-electron chi connectivity index (χ2n) is 10.2. The van der Waals surface area contributed by atoms with Gasteiger partial charge in [-0.2, -0.15) is 0 Å². The van der Waals surface area contributed by atoms with Crippen molar-refractivity contribution >= 4 is 0 Å². The second-order valence-corrected chi connectivity index (χ2v) is 10.2. The van der Waals surface area contributed by atoms with Crippen molar-refractivity contribution in [3.63, 3.8) is 0 Å². The molecule has 0 saturated carbocycles. The van der Waals surface area contributed by atoms with Gasteiger partial charge in [0.05, 0.1) is 18.8 Å². The summed E-state index contributed by atoms with van der Waals surface area (Å²) in [6, 6.07) is 12.6. The van der Waals surface area contributed by atoms with Crippen LogP contribution in [-0.4, -0.2) is 47.1 Å². The van der Waals surface area contributed by atoms with Crippen LogP contribution in [0.25, 0.3) is 0 Å². The van der Waals surface area contributed by atoms with Crippen LogP contribution in [0.3, 0.4) is 0 Å². The van der Waals surface area contributed by atoms with Crippen molar-refractivity contribution in [3.05, 3.63) is 64.2 Å². The highest BCUT2D eigenvalue weighted by Crippen LogP contribution is 2.35. The molecule has 0 radical (unpaired) electrons. The quantitative estimate of drug-likeness (QED) is 0.218. The van der Waals surface area contributed by atoms with Crippen LogP contribution in [-0.2, 0) is 21.5 Å². The maximum absolute atomic E-state index is 8.44. The molecule has 0 heterocycles. The smallest absolute Gasteiger partial charge is 0.211 e. The Morgan fingerprint density at radius 2 is 1.69 bits per heavy atom. The van der Waals surface area contributed by atoms with E-state index in [0.717, 1.165) is 74.2 Å². The van der Waals surface area contributed by atoms with E-state index in [9.17, 15) is 0 Å². The largest absolute Gasteiger partial charge is 0.496 e.